The molecule has 3 amide bonds. The molecule has 0 radical (unpaired) electrons. The van der Waals surface area contributed by atoms with Crippen LogP contribution in [0.3, 0.4) is 0 Å². The van der Waals surface area contributed by atoms with E-state index >= 15 is 0 Å². The highest BCUT2D eigenvalue weighted by Gasteiger charge is 2.29. The predicted octanol–water partition coefficient (Wildman–Crippen LogP) is 2.25. The van der Waals surface area contributed by atoms with E-state index in [4.69, 9.17) is 4.74 Å². The Morgan fingerprint density at radius 2 is 2.04 bits per heavy atom. The van der Waals surface area contributed by atoms with Crippen LogP contribution in [0, 0.1) is 11.6 Å². The van der Waals surface area contributed by atoms with Crippen molar-refractivity contribution in [3.8, 4) is 5.88 Å². The summed E-state index contributed by atoms with van der Waals surface area (Å²) in [5, 5.41) is 2.63. The van der Waals surface area contributed by atoms with Gasteiger partial charge >= 0.3 is 6.03 Å². The summed E-state index contributed by atoms with van der Waals surface area (Å²) < 4.78 is 31.8. The zero-order chi connectivity index (χ0) is 18.7. The summed E-state index contributed by atoms with van der Waals surface area (Å²) in [7, 11) is 1.48. The normalized spacial score (nSPS) is 14.3. The van der Waals surface area contributed by atoms with Crippen molar-refractivity contribution in [3.05, 3.63) is 48.2 Å². The number of nitrogens with zero attached hydrogens (tertiary/aromatic N) is 3. The largest absolute Gasteiger partial charge is 0.481 e. The fourth-order valence-corrected chi connectivity index (χ4v) is 2.58. The molecule has 1 aliphatic heterocycles. The lowest BCUT2D eigenvalue weighted by Gasteiger charge is -2.34. The Morgan fingerprint density at radius 1 is 1.23 bits per heavy atom. The Balaban J connectivity index is 1.64. The first-order chi connectivity index (χ1) is 12.5. The van der Waals surface area contributed by atoms with Crippen molar-refractivity contribution in [2.45, 2.75) is 0 Å². The molecule has 7 nitrogen and oxygen atoms in total. The number of methoxy groups -OCH3 is 1. The van der Waals surface area contributed by atoms with Crippen molar-refractivity contribution < 1.29 is 23.1 Å². The monoisotopic (exact) mass is 362 g/mol. The number of carbonyl (C=O) groups is 2. The number of rotatable bonds is 3. The first kappa shape index (κ1) is 17.6. The van der Waals surface area contributed by atoms with Gasteiger partial charge in [0.25, 0.3) is 0 Å². The minimum Gasteiger partial charge on any atom is -0.481 e. The number of urea groups is 1. The number of piperazine rings is 1. The molecular weight excluding hydrogens is 346 g/mol. The van der Waals surface area contributed by atoms with Gasteiger partial charge in [-0.15, -0.1) is 0 Å². The number of amides is 3. The molecule has 1 saturated heterocycles. The Bertz CT molecular complexity index is 829. The minimum atomic E-state index is -0.819. The third kappa shape index (κ3) is 3.71. The Hall–Kier alpha value is -3.23. The highest BCUT2D eigenvalue weighted by Crippen LogP contribution is 2.22. The van der Waals surface area contributed by atoms with Gasteiger partial charge in [0.15, 0.2) is 0 Å². The van der Waals surface area contributed by atoms with Crippen molar-refractivity contribution in [1.29, 1.82) is 0 Å². The van der Waals surface area contributed by atoms with E-state index < -0.39 is 23.6 Å². The summed E-state index contributed by atoms with van der Waals surface area (Å²) in [5.74, 6) is -1.58. The van der Waals surface area contributed by atoms with Gasteiger partial charge in [0.05, 0.1) is 24.7 Å². The van der Waals surface area contributed by atoms with Gasteiger partial charge in [-0.3, -0.25) is 4.79 Å². The van der Waals surface area contributed by atoms with Gasteiger partial charge in [-0.25, -0.2) is 18.6 Å². The molecule has 0 saturated carbocycles. The van der Waals surface area contributed by atoms with E-state index in [0.29, 0.717) is 11.6 Å². The molecule has 0 bridgehead atoms. The summed E-state index contributed by atoms with van der Waals surface area (Å²) in [6.07, 6.45) is 1.43. The lowest BCUT2D eigenvalue weighted by molar-refractivity contribution is -0.120. The van der Waals surface area contributed by atoms with Crippen LogP contribution in [-0.4, -0.2) is 48.6 Å². The van der Waals surface area contributed by atoms with Gasteiger partial charge in [0.1, 0.15) is 18.2 Å². The first-order valence-electron chi connectivity index (χ1n) is 7.79. The van der Waals surface area contributed by atoms with Crippen LogP contribution in [0.2, 0.25) is 0 Å². The lowest BCUT2D eigenvalue weighted by Crippen LogP contribution is -2.53. The molecule has 1 aromatic carbocycles. The van der Waals surface area contributed by atoms with Gasteiger partial charge in [-0.05, 0) is 18.2 Å². The molecule has 2 heterocycles. The highest BCUT2D eigenvalue weighted by molar-refractivity contribution is 5.99. The smallest absolute Gasteiger partial charge is 0.322 e. The molecular formula is C17H16F2N4O3. The molecule has 0 atom stereocenters. The average molecular weight is 362 g/mol. The summed E-state index contributed by atoms with van der Waals surface area (Å²) in [5.41, 5.74) is 0.450. The van der Waals surface area contributed by atoms with Crippen molar-refractivity contribution in [1.82, 2.24) is 9.88 Å². The van der Waals surface area contributed by atoms with Crippen LogP contribution in [-0.2, 0) is 4.79 Å². The fraction of sp³-hybridized carbons (Fsp3) is 0.235. The number of ether oxygens (including phenoxy) is 1. The molecule has 136 valence electrons. The Kier molecular flexibility index (Phi) is 4.97. The maximum absolute atomic E-state index is 13.9. The molecule has 9 heteroatoms. The number of hydrogen-bond donors (Lipinski definition) is 1. The topological polar surface area (TPSA) is 74.8 Å². The van der Waals surface area contributed by atoms with Gasteiger partial charge in [-0.1, -0.05) is 0 Å². The molecule has 1 N–H and O–H groups in total. The van der Waals surface area contributed by atoms with Crippen molar-refractivity contribution in [2.75, 3.05) is 37.0 Å². The molecule has 0 spiro atoms. The van der Waals surface area contributed by atoms with E-state index in [2.05, 4.69) is 10.3 Å². The third-order valence-electron chi connectivity index (χ3n) is 3.91. The average Bonchev–Trinajstić information content (AvgIpc) is 2.63. The first-order valence-corrected chi connectivity index (χ1v) is 7.79. The van der Waals surface area contributed by atoms with Gasteiger partial charge < -0.3 is 19.9 Å². The van der Waals surface area contributed by atoms with Crippen LogP contribution in [0.1, 0.15) is 0 Å². The second-order valence-electron chi connectivity index (χ2n) is 5.58. The molecule has 0 unspecified atom stereocenters. The number of anilines is 2. The molecule has 1 aliphatic rings. The minimum absolute atomic E-state index is 0.00388. The van der Waals surface area contributed by atoms with Gasteiger partial charge in [0.2, 0.25) is 11.8 Å². The van der Waals surface area contributed by atoms with E-state index in [1.807, 2.05) is 0 Å². The molecule has 3 rings (SSSR count). The number of nitrogens with one attached hydrogen (secondary N) is 1. The summed E-state index contributed by atoms with van der Waals surface area (Å²) in [6, 6.07) is 5.76. The van der Waals surface area contributed by atoms with Crippen LogP contribution in [0.5, 0.6) is 5.88 Å². The van der Waals surface area contributed by atoms with E-state index in [0.717, 1.165) is 12.1 Å². The standard InChI is InChI=1S/C17H16F2N4O3/c1-26-15-5-3-12(9-20-15)21-17(25)22-6-7-23(16(24)10-22)14-4-2-11(18)8-13(14)19/h2-5,8-9H,6-7,10H2,1H3,(H,21,25). The van der Waals surface area contributed by atoms with Crippen molar-refractivity contribution in [2.24, 2.45) is 0 Å². The fourth-order valence-electron chi connectivity index (χ4n) is 2.58. The van der Waals surface area contributed by atoms with Crippen LogP contribution < -0.4 is 15.0 Å². The van der Waals surface area contributed by atoms with Gasteiger partial charge in [0, 0.05) is 25.2 Å². The number of aromatic nitrogens is 1. The summed E-state index contributed by atoms with van der Waals surface area (Å²) >= 11 is 0. The summed E-state index contributed by atoms with van der Waals surface area (Å²) in [4.78, 5) is 31.1. The van der Waals surface area contributed by atoms with E-state index in [1.54, 1.807) is 12.1 Å². The molecule has 1 fully saturated rings. The molecule has 26 heavy (non-hydrogen) atoms. The number of halogens is 2. The number of pyridine rings is 1. The quantitative estimate of drug-likeness (QED) is 0.909. The van der Waals surface area contributed by atoms with Gasteiger partial charge in [-0.2, -0.15) is 0 Å². The number of benzene rings is 1. The number of hydrogen-bond acceptors (Lipinski definition) is 4. The van der Waals surface area contributed by atoms with E-state index in [1.165, 1.54) is 29.2 Å². The molecule has 1 aromatic heterocycles. The van der Waals surface area contributed by atoms with Crippen LogP contribution in [0.4, 0.5) is 25.0 Å². The van der Waals surface area contributed by atoms with Crippen molar-refractivity contribution >= 4 is 23.3 Å². The second-order valence-corrected chi connectivity index (χ2v) is 5.58. The SMILES string of the molecule is COc1ccc(NC(=O)N2CCN(c3ccc(F)cc3F)C(=O)C2)cn1. The number of carbonyl (C=O) groups excluding carboxylic acids is 2. The Labute approximate surface area is 148 Å². The second kappa shape index (κ2) is 7.34. The maximum atomic E-state index is 13.9. The van der Waals surface area contributed by atoms with Crippen LogP contribution in [0.25, 0.3) is 0 Å². The highest BCUT2D eigenvalue weighted by atomic mass is 19.1. The van der Waals surface area contributed by atoms with E-state index in [9.17, 15) is 18.4 Å². The maximum Gasteiger partial charge on any atom is 0.322 e. The molecule has 0 aliphatic carbocycles. The van der Waals surface area contributed by atoms with E-state index in [-0.39, 0.29) is 25.3 Å². The molecule has 2 aromatic rings. The van der Waals surface area contributed by atoms with Crippen molar-refractivity contribution in [3.63, 3.8) is 0 Å². The van der Waals surface area contributed by atoms with Crippen LogP contribution in [0.15, 0.2) is 36.5 Å². The Morgan fingerprint density at radius 3 is 2.65 bits per heavy atom. The zero-order valence-corrected chi connectivity index (χ0v) is 13.9. The third-order valence-corrected chi connectivity index (χ3v) is 3.91. The van der Waals surface area contributed by atoms with Crippen LogP contribution >= 0.6 is 0 Å². The zero-order valence-electron chi connectivity index (χ0n) is 13.9. The summed E-state index contributed by atoms with van der Waals surface area (Å²) in [6.45, 7) is 0.0971. The lowest BCUT2D eigenvalue weighted by atomic mass is 10.2. The predicted molar refractivity (Wildman–Crippen MR) is 90.1 cm³/mol.